The third-order valence-corrected chi connectivity index (χ3v) is 2.66. The molecule has 1 aromatic carbocycles. The zero-order chi connectivity index (χ0) is 9.26. The zero-order valence-corrected chi connectivity index (χ0v) is 7.49. The van der Waals surface area contributed by atoms with Gasteiger partial charge in [-0.3, -0.25) is 4.79 Å². The van der Waals surface area contributed by atoms with Crippen molar-refractivity contribution in [2.75, 3.05) is 0 Å². The standard InChI is InChI=1S/C11H13NO/c12-11-3-1-2-9-6-8(7-13)4-5-10(9)11/h4-7,11H,1-3,12H2. The maximum Gasteiger partial charge on any atom is 0.150 e. The van der Waals surface area contributed by atoms with Crippen LogP contribution in [0.1, 0.15) is 40.4 Å². The highest BCUT2D eigenvalue weighted by molar-refractivity contribution is 5.75. The normalized spacial score (nSPS) is 20.8. The van der Waals surface area contributed by atoms with Crippen LogP contribution in [0.3, 0.4) is 0 Å². The van der Waals surface area contributed by atoms with Gasteiger partial charge in [0, 0.05) is 11.6 Å². The van der Waals surface area contributed by atoms with E-state index in [1.165, 1.54) is 11.1 Å². The lowest BCUT2D eigenvalue weighted by Crippen LogP contribution is -2.17. The maximum absolute atomic E-state index is 10.5. The average Bonchev–Trinajstić information content (AvgIpc) is 2.18. The van der Waals surface area contributed by atoms with E-state index in [-0.39, 0.29) is 6.04 Å². The van der Waals surface area contributed by atoms with Crippen LogP contribution in [-0.4, -0.2) is 6.29 Å². The molecule has 0 fully saturated rings. The van der Waals surface area contributed by atoms with Gasteiger partial charge < -0.3 is 5.73 Å². The van der Waals surface area contributed by atoms with E-state index in [0.29, 0.717) is 0 Å². The minimum atomic E-state index is 0.171. The van der Waals surface area contributed by atoms with E-state index in [2.05, 4.69) is 0 Å². The first-order valence-corrected chi connectivity index (χ1v) is 4.65. The van der Waals surface area contributed by atoms with E-state index < -0.39 is 0 Å². The van der Waals surface area contributed by atoms with Crippen LogP contribution in [0.15, 0.2) is 18.2 Å². The van der Waals surface area contributed by atoms with Gasteiger partial charge in [0.2, 0.25) is 0 Å². The van der Waals surface area contributed by atoms with E-state index >= 15 is 0 Å². The van der Waals surface area contributed by atoms with Crippen LogP contribution in [-0.2, 0) is 6.42 Å². The molecular formula is C11H13NO. The van der Waals surface area contributed by atoms with Crippen molar-refractivity contribution < 1.29 is 4.79 Å². The molecule has 2 heteroatoms. The maximum atomic E-state index is 10.5. The molecule has 0 bridgehead atoms. The molecule has 1 aliphatic rings. The first-order valence-electron chi connectivity index (χ1n) is 4.65. The fourth-order valence-electron chi connectivity index (χ4n) is 1.95. The number of fused-ring (bicyclic) bond motifs is 1. The molecule has 2 N–H and O–H groups in total. The lowest BCUT2D eigenvalue weighted by Gasteiger charge is -2.22. The molecule has 0 amide bonds. The molecule has 0 spiro atoms. The van der Waals surface area contributed by atoms with Crippen molar-refractivity contribution in [2.45, 2.75) is 25.3 Å². The van der Waals surface area contributed by atoms with Gasteiger partial charge in [0.25, 0.3) is 0 Å². The molecule has 2 nitrogen and oxygen atoms in total. The summed E-state index contributed by atoms with van der Waals surface area (Å²) in [4.78, 5) is 10.5. The fraction of sp³-hybridized carbons (Fsp3) is 0.364. The van der Waals surface area contributed by atoms with Crippen LogP contribution >= 0.6 is 0 Å². The summed E-state index contributed by atoms with van der Waals surface area (Å²) in [6.45, 7) is 0. The van der Waals surface area contributed by atoms with E-state index in [1.807, 2.05) is 18.2 Å². The van der Waals surface area contributed by atoms with Gasteiger partial charge in [-0.1, -0.05) is 12.1 Å². The van der Waals surface area contributed by atoms with Crippen molar-refractivity contribution in [3.8, 4) is 0 Å². The predicted molar refractivity (Wildman–Crippen MR) is 51.7 cm³/mol. The predicted octanol–water partition coefficient (Wildman–Crippen LogP) is 1.84. The quantitative estimate of drug-likeness (QED) is 0.662. The second kappa shape index (κ2) is 3.30. The van der Waals surface area contributed by atoms with Crippen molar-refractivity contribution in [2.24, 2.45) is 5.73 Å². The molecule has 2 rings (SSSR count). The van der Waals surface area contributed by atoms with Gasteiger partial charge in [0.1, 0.15) is 6.29 Å². The van der Waals surface area contributed by atoms with E-state index in [0.717, 1.165) is 31.1 Å². The SMILES string of the molecule is NC1CCCc2cc(C=O)ccc21. The van der Waals surface area contributed by atoms with Crippen LogP contribution in [0.5, 0.6) is 0 Å². The minimum absolute atomic E-state index is 0.171. The molecule has 1 aromatic rings. The summed E-state index contributed by atoms with van der Waals surface area (Å²) in [6.07, 6.45) is 4.15. The van der Waals surface area contributed by atoms with E-state index in [9.17, 15) is 4.79 Å². The lowest BCUT2D eigenvalue weighted by atomic mass is 9.87. The number of rotatable bonds is 1. The Kier molecular flexibility index (Phi) is 2.15. The van der Waals surface area contributed by atoms with Crippen LogP contribution in [0, 0.1) is 0 Å². The molecule has 1 unspecified atom stereocenters. The summed E-state index contributed by atoms with van der Waals surface area (Å²) in [5.74, 6) is 0. The number of aryl methyl sites for hydroxylation is 1. The molecule has 13 heavy (non-hydrogen) atoms. The molecule has 0 aromatic heterocycles. The first kappa shape index (κ1) is 8.45. The Balaban J connectivity index is 2.45. The van der Waals surface area contributed by atoms with Crippen molar-refractivity contribution in [3.63, 3.8) is 0 Å². The van der Waals surface area contributed by atoms with Crippen molar-refractivity contribution in [1.82, 2.24) is 0 Å². The molecule has 68 valence electrons. The summed E-state index contributed by atoms with van der Waals surface area (Å²) in [5, 5.41) is 0. The van der Waals surface area contributed by atoms with Crippen LogP contribution in [0.4, 0.5) is 0 Å². The number of carbonyl (C=O) groups is 1. The second-order valence-corrected chi connectivity index (χ2v) is 3.57. The number of nitrogens with two attached hydrogens (primary N) is 1. The second-order valence-electron chi connectivity index (χ2n) is 3.57. The molecular weight excluding hydrogens is 162 g/mol. The van der Waals surface area contributed by atoms with Gasteiger partial charge in [0.05, 0.1) is 0 Å². The summed E-state index contributed by atoms with van der Waals surface area (Å²) < 4.78 is 0. The number of aldehydes is 1. The number of benzene rings is 1. The highest BCUT2D eigenvalue weighted by Crippen LogP contribution is 2.28. The van der Waals surface area contributed by atoms with Gasteiger partial charge in [0.15, 0.2) is 0 Å². The molecule has 0 saturated heterocycles. The first-order chi connectivity index (χ1) is 6.31. The minimum Gasteiger partial charge on any atom is -0.324 e. The topological polar surface area (TPSA) is 43.1 Å². The zero-order valence-electron chi connectivity index (χ0n) is 7.49. The Morgan fingerprint density at radius 1 is 1.46 bits per heavy atom. The van der Waals surface area contributed by atoms with Crippen molar-refractivity contribution in [3.05, 3.63) is 34.9 Å². The van der Waals surface area contributed by atoms with Crippen LogP contribution in [0.2, 0.25) is 0 Å². The van der Waals surface area contributed by atoms with Crippen molar-refractivity contribution in [1.29, 1.82) is 0 Å². The largest absolute Gasteiger partial charge is 0.324 e. The van der Waals surface area contributed by atoms with Crippen molar-refractivity contribution >= 4 is 6.29 Å². The Labute approximate surface area is 77.8 Å². The molecule has 0 heterocycles. The average molecular weight is 175 g/mol. The summed E-state index contributed by atoms with van der Waals surface area (Å²) in [5.41, 5.74) is 9.18. The summed E-state index contributed by atoms with van der Waals surface area (Å²) in [6, 6.07) is 5.96. The van der Waals surface area contributed by atoms with Gasteiger partial charge in [-0.05, 0) is 36.5 Å². The molecule has 1 aliphatic carbocycles. The Bertz CT molecular complexity index is 333. The van der Waals surface area contributed by atoms with Gasteiger partial charge in [-0.2, -0.15) is 0 Å². The number of hydrogen-bond acceptors (Lipinski definition) is 2. The Hall–Kier alpha value is -1.15. The molecule has 1 atom stereocenters. The highest BCUT2D eigenvalue weighted by atomic mass is 16.1. The number of hydrogen-bond donors (Lipinski definition) is 1. The highest BCUT2D eigenvalue weighted by Gasteiger charge is 2.16. The molecule has 0 radical (unpaired) electrons. The molecule has 0 aliphatic heterocycles. The summed E-state index contributed by atoms with van der Waals surface area (Å²) in [7, 11) is 0. The van der Waals surface area contributed by atoms with Gasteiger partial charge in [-0.25, -0.2) is 0 Å². The van der Waals surface area contributed by atoms with Crippen LogP contribution < -0.4 is 5.73 Å². The Morgan fingerprint density at radius 3 is 3.08 bits per heavy atom. The third-order valence-electron chi connectivity index (χ3n) is 2.66. The third kappa shape index (κ3) is 1.49. The van der Waals surface area contributed by atoms with E-state index in [1.54, 1.807) is 0 Å². The molecule has 0 saturated carbocycles. The van der Waals surface area contributed by atoms with E-state index in [4.69, 9.17) is 5.73 Å². The number of carbonyl (C=O) groups excluding carboxylic acids is 1. The van der Waals surface area contributed by atoms with Crippen LogP contribution in [0.25, 0.3) is 0 Å². The van der Waals surface area contributed by atoms with Gasteiger partial charge in [-0.15, -0.1) is 0 Å². The van der Waals surface area contributed by atoms with Gasteiger partial charge >= 0.3 is 0 Å². The Morgan fingerprint density at radius 2 is 2.31 bits per heavy atom. The smallest absolute Gasteiger partial charge is 0.150 e. The fourth-order valence-corrected chi connectivity index (χ4v) is 1.95. The monoisotopic (exact) mass is 175 g/mol. The summed E-state index contributed by atoms with van der Waals surface area (Å²) >= 11 is 0. The lowest BCUT2D eigenvalue weighted by molar-refractivity contribution is 0.112.